The lowest BCUT2D eigenvalue weighted by Crippen LogP contribution is -2.49. The fourth-order valence-corrected chi connectivity index (χ4v) is 5.02. The second-order valence-electron chi connectivity index (χ2n) is 9.45. The van der Waals surface area contributed by atoms with Crippen molar-refractivity contribution in [1.82, 2.24) is 24.5 Å². The minimum Gasteiger partial charge on any atom is -0.340 e. The number of aryl methyl sites for hydroxylation is 1. The van der Waals surface area contributed by atoms with Crippen LogP contribution in [-0.2, 0) is 9.59 Å². The number of aromatic nitrogens is 2. The highest BCUT2D eigenvalue weighted by atomic mass is 16.2. The molecule has 2 saturated heterocycles. The normalized spacial score (nSPS) is 18.1. The molecule has 0 radical (unpaired) electrons. The summed E-state index contributed by atoms with van der Waals surface area (Å²) >= 11 is 0. The van der Waals surface area contributed by atoms with E-state index in [9.17, 15) is 9.59 Å². The van der Waals surface area contributed by atoms with Crippen molar-refractivity contribution in [3.05, 3.63) is 53.4 Å². The summed E-state index contributed by atoms with van der Waals surface area (Å²) in [4.78, 5) is 31.9. The Balaban J connectivity index is 1.28. The van der Waals surface area contributed by atoms with Crippen LogP contribution in [-0.4, -0.2) is 82.1 Å². The standard InChI is InChI=1S/C27H37N5O2/c1-4-29-16-18-31(19-17-29)27(34)20-23-12-14-30(15-13-23)26(33)11-10-25-21(2)28-32(22(25)3)24-8-6-5-7-9-24/h5-11,23H,4,12-20H2,1-3H3/b11-10+. The van der Waals surface area contributed by atoms with Gasteiger partial charge in [0.25, 0.3) is 0 Å². The number of amides is 2. The Hall–Kier alpha value is -2.93. The van der Waals surface area contributed by atoms with Gasteiger partial charge < -0.3 is 14.7 Å². The lowest BCUT2D eigenvalue weighted by Gasteiger charge is -2.36. The van der Waals surface area contributed by atoms with E-state index >= 15 is 0 Å². The Morgan fingerprint density at radius 3 is 2.29 bits per heavy atom. The fourth-order valence-electron chi connectivity index (χ4n) is 5.02. The maximum Gasteiger partial charge on any atom is 0.246 e. The van der Waals surface area contributed by atoms with Crippen molar-refractivity contribution in [3.8, 4) is 5.69 Å². The largest absolute Gasteiger partial charge is 0.340 e. The zero-order valence-electron chi connectivity index (χ0n) is 20.7. The van der Waals surface area contributed by atoms with Crippen molar-refractivity contribution in [2.24, 2.45) is 5.92 Å². The smallest absolute Gasteiger partial charge is 0.246 e. The number of carbonyl (C=O) groups excluding carboxylic acids is 2. The lowest BCUT2D eigenvalue weighted by molar-refractivity contribution is -0.134. The molecule has 1 aromatic carbocycles. The van der Waals surface area contributed by atoms with Crippen LogP contribution in [0.3, 0.4) is 0 Å². The molecule has 3 heterocycles. The predicted molar refractivity (Wildman–Crippen MR) is 135 cm³/mol. The van der Waals surface area contributed by atoms with Crippen LogP contribution in [0.2, 0.25) is 0 Å². The number of rotatable bonds is 6. The van der Waals surface area contributed by atoms with Crippen LogP contribution in [0.25, 0.3) is 11.8 Å². The van der Waals surface area contributed by atoms with E-state index in [2.05, 4.69) is 16.9 Å². The van der Waals surface area contributed by atoms with Gasteiger partial charge in [-0.25, -0.2) is 4.68 Å². The van der Waals surface area contributed by atoms with E-state index in [-0.39, 0.29) is 11.8 Å². The molecular weight excluding hydrogens is 426 g/mol. The third-order valence-corrected chi connectivity index (χ3v) is 7.30. The minimum absolute atomic E-state index is 0.0340. The van der Waals surface area contributed by atoms with Gasteiger partial charge in [0.1, 0.15) is 0 Å². The molecule has 0 aliphatic carbocycles. The topological polar surface area (TPSA) is 61.7 Å². The van der Waals surface area contributed by atoms with Gasteiger partial charge in [-0.05, 0) is 57.4 Å². The summed E-state index contributed by atoms with van der Waals surface area (Å²) < 4.78 is 1.92. The van der Waals surface area contributed by atoms with Crippen molar-refractivity contribution in [3.63, 3.8) is 0 Å². The number of hydrogen-bond acceptors (Lipinski definition) is 4. The minimum atomic E-state index is 0.0340. The van der Waals surface area contributed by atoms with Crippen LogP contribution in [0, 0.1) is 19.8 Å². The van der Waals surface area contributed by atoms with Crippen LogP contribution in [0.5, 0.6) is 0 Å². The third-order valence-electron chi connectivity index (χ3n) is 7.30. The molecule has 0 spiro atoms. The summed E-state index contributed by atoms with van der Waals surface area (Å²) in [6.45, 7) is 12.3. The number of likely N-dealkylation sites (N-methyl/N-ethyl adjacent to an activating group) is 1. The van der Waals surface area contributed by atoms with Gasteiger partial charge in [-0.3, -0.25) is 9.59 Å². The fraction of sp³-hybridized carbons (Fsp3) is 0.519. The van der Waals surface area contributed by atoms with E-state index in [1.165, 1.54) is 0 Å². The van der Waals surface area contributed by atoms with Crippen molar-refractivity contribution < 1.29 is 9.59 Å². The molecule has 0 saturated carbocycles. The Morgan fingerprint density at radius 2 is 1.65 bits per heavy atom. The molecule has 2 aromatic rings. The van der Waals surface area contributed by atoms with Crippen LogP contribution in [0.4, 0.5) is 0 Å². The number of piperazine rings is 1. The molecule has 34 heavy (non-hydrogen) atoms. The number of benzene rings is 1. The third kappa shape index (κ3) is 5.58. The molecule has 7 heteroatoms. The molecule has 0 bridgehead atoms. The highest BCUT2D eigenvalue weighted by molar-refractivity contribution is 5.92. The summed E-state index contributed by atoms with van der Waals surface area (Å²) in [6, 6.07) is 10.0. The first-order chi connectivity index (χ1) is 16.5. The molecule has 1 aromatic heterocycles. The van der Waals surface area contributed by atoms with Gasteiger partial charge in [0.05, 0.1) is 11.4 Å². The van der Waals surface area contributed by atoms with E-state index < -0.39 is 0 Å². The zero-order chi connectivity index (χ0) is 24.1. The predicted octanol–water partition coefficient (Wildman–Crippen LogP) is 3.30. The van der Waals surface area contributed by atoms with E-state index in [0.717, 1.165) is 68.2 Å². The molecule has 4 rings (SSSR count). The second-order valence-corrected chi connectivity index (χ2v) is 9.45. The van der Waals surface area contributed by atoms with Crippen LogP contribution >= 0.6 is 0 Å². The quantitative estimate of drug-likeness (QED) is 0.617. The highest BCUT2D eigenvalue weighted by Crippen LogP contribution is 2.23. The Morgan fingerprint density at radius 1 is 0.971 bits per heavy atom. The van der Waals surface area contributed by atoms with E-state index in [1.807, 2.05) is 64.7 Å². The van der Waals surface area contributed by atoms with Gasteiger partial charge in [0, 0.05) is 63.0 Å². The van der Waals surface area contributed by atoms with Crippen molar-refractivity contribution in [2.75, 3.05) is 45.8 Å². The van der Waals surface area contributed by atoms with Crippen LogP contribution in [0.1, 0.15) is 43.1 Å². The molecule has 0 unspecified atom stereocenters. The molecule has 0 atom stereocenters. The Bertz CT molecular complexity index is 1010. The number of carbonyl (C=O) groups is 2. The maximum absolute atomic E-state index is 12.8. The second kappa shape index (κ2) is 11.0. The number of nitrogens with zero attached hydrogens (tertiary/aromatic N) is 5. The van der Waals surface area contributed by atoms with E-state index in [1.54, 1.807) is 6.08 Å². The van der Waals surface area contributed by atoms with Crippen molar-refractivity contribution in [1.29, 1.82) is 0 Å². The highest BCUT2D eigenvalue weighted by Gasteiger charge is 2.27. The van der Waals surface area contributed by atoms with Gasteiger partial charge in [0.2, 0.25) is 11.8 Å². The maximum atomic E-state index is 12.8. The Kier molecular flexibility index (Phi) is 7.83. The monoisotopic (exact) mass is 463 g/mol. The molecule has 0 N–H and O–H groups in total. The Labute approximate surface area is 203 Å². The van der Waals surface area contributed by atoms with Crippen molar-refractivity contribution >= 4 is 17.9 Å². The summed E-state index contributed by atoms with van der Waals surface area (Å²) in [5.74, 6) is 0.687. The van der Waals surface area contributed by atoms with Gasteiger partial charge in [-0.1, -0.05) is 25.1 Å². The molecule has 182 valence electrons. The van der Waals surface area contributed by atoms with Crippen molar-refractivity contribution in [2.45, 2.75) is 40.0 Å². The zero-order valence-corrected chi connectivity index (χ0v) is 20.7. The molecule has 2 amide bonds. The first kappa shape index (κ1) is 24.2. The molecule has 7 nitrogen and oxygen atoms in total. The van der Waals surface area contributed by atoms with Crippen LogP contribution < -0.4 is 0 Å². The first-order valence-electron chi connectivity index (χ1n) is 12.5. The average molecular weight is 464 g/mol. The molecular formula is C27H37N5O2. The van der Waals surface area contributed by atoms with Gasteiger partial charge in [-0.15, -0.1) is 0 Å². The van der Waals surface area contributed by atoms with E-state index in [4.69, 9.17) is 0 Å². The molecule has 2 aliphatic rings. The summed E-state index contributed by atoms with van der Waals surface area (Å²) in [6.07, 6.45) is 5.96. The number of likely N-dealkylation sites (tertiary alicyclic amines) is 1. The van der Waals surface area contributed by atoms with Crippen LogP contribution in [0.15, 0.2) is 36.4 Å². The number of hydrogen-bond donors (Lipinski definition) is 0. The summed E-state index contributed by atoms with van der Waals surface area (Å²) in [7, 11) is 0. The lowest BCUT2D eigenvalue weighted by atomic mass is 9.92. The summed E-state index contributed by atoms with van der Waals surface area (Å²) in [5, 5.41) is 4.66. The SMILES string of the molecule is CCN1CCN(C(=O)CC2CCN(C(=O)/C=C/c3c(C)nn(-c4ccccc4)c3C)CC2)CC1. The first-order valence-corrected chi connectivity index (χ1v) is 12.5. The number of piperidine rings is 1. The van der Waals surface area contributed by atoms with Gasteiger partial charge in [-0.2, -0.15) is 5.10 Å². The molecule has 2 aliphatic heterocycles. The van der Waals surface area contributed by atoms with E-state index in [0.29, 0.717) is 25.4 Å². The molecule has 2 fully saturated rings. The average Bonchev–Trinajstić information content (AvgIpc) is 3.16. The van der Waals surface area contributed by atoms with Gasteiger partial charge in [0.15, 0.2) is 0 Å². The van der Waals surface area contributed by atoms with Gasteiger partial charge >= 0.3 is 0 Å². The number of para-hydroxylation sites is 1. The summed E-state index contributed by atoms with van der Waals surface area (Å²) in [5.41, 5.74) is 3.92.